The highest BCUT2D eigenvalue weighted by molar-refractivity contribution is 9.10. The van der Waals surface area contributed by atoms with E-state index < -0.39 is 0 Å². The van der Waals surface area contributed by atoms with Crippen molar-refractivity contribution in [2.24, 2.45) is 5.73 Å². The zero-order valence-electron chi connectivity index (χ0n) is 10.0. The molecular formula is C14H14BrNO2. The molecule has 0 amide bonds. The SMILES string of the molecule is COc1ccc(CN)c(Oc2ccc(Br)cc2)c1. The molecule has 18 heavy (non-hydrogen) atoms. The zero-order valence-corrected chi connectivity index (χ0v) is 11.6. The van der Waals surface area contributed by atoms with E-state index in [1.807, 2.05) is 42.5 Å². The van der Waals surface area contributed by atoms with Crippen LogP contribution in [0.25, 0.3) is 0 Å². The fraction of sp³-hybridized carbons (Fsp3) is 0.143. The van der Waals surface area contributed by atoms with Gasteiger partial charge in [0.05, 0.1) is 7.11 Å². The fourth-order valence-corrected chi connectivity index (χ4v) is 1.82. The molecule has 0 radical (unpaired) electrons. The minimum absolute atomic E-state index is 0.426. The summed E-state index contributed by atoms with van der Waals surface area (Å²) in [6, 6.07) is 13.3. The lowest BCUT2D eigenvalue weighted by Crippen LogP contribution is -1.99. The molecule has 0 aliphatic heterocycles. The highest BCUT2D eigenvalue weighted by atomic mass is 79.9. The predicted molar refractivity (Wildman–Crippen MR) is 75.1 cm³/mol. The molecule has 0 spiro atoms. The van der Waals surface area contributed by atoms with Gasteiger partial charge in [-0.2, -0.15) is 0 Å². The molecule has 94 valence electrons. The van der Waals surface area contributed by atoms with Crippen LogP contribution in [-0.4, -0.2) is 7.11 Å². The Labute approximate surface area is 115 Å². The maximum absolute atomic E-state index is 5.82. The van der Waals surface area contributed by atoms with E-state index in [9.17, 15) is 0 Å². The minimum atomic E-state index is 0.426. The van der Waals surface area contributed by atoms with Crippen molar-refractivity contribution < 1.29 is 9.47 Å². The van der Waals surface area contributed by atoms with E-state index in [4.69, 9.17) is 15.2 Å². The van der Waals surface area contributed by atoms with Gasteiger partial charge in [-0.3, -0.25) is 0 Å². The summed E-state index contributed by atoms with van der Waals surface area (Å²) >= 11 is 3.39. The summed E-state index contributed by atoms with van der Waals surface area (Å²) in [6.07, 6.45) is 0. The lowest BCUT2D eigenvalue weighted by molar-refractivity contribution is 0.408. The quantitative estimate of drug-likeness (QED) is 0.936. The number of benzene rings is 2. The van der Waals surface area contributed by atoms with Gasteiger partial charge >= 0.3 is 0 Å². The van der Waals surface area contributed by atoms with Gasteiger partial charge in [0.15, 0.2) is 0 Å². The molecule has 0 saturated carbocycles. The van der Waals surface area contributed by atoms with Crippen molar-refractivity contribution in [1.82, 2.24) is 0 Å². The summed E-state index contributed by atoms with van der Waals surface area (Å²) in [5, 5.41) is 0. The summed E-state index contributed by atoms with van der Waals surface area (Å²) in [7, 11) is 1.63. The monoisotopic (exact) mass is 307 g/mol. The summed E-state index contributed by atoms with van der Waals surface area (Å²) in [5.41, 5.74) is 6.63. The van der Waals surface area contributed by atoms with E-state index in [2.05, 4.69) is 15.9 Å². The van der Waals surface area contributed by atoms with E-state index in [1.54, 1.807) is 7.11 Å². The van der Waals surface area contributed by atoms with Gasteiger partial charge in [-0.05, 0) is 30.3 Å². The summed E-state index contributed by atoms with van der Waals surface area (Å²) in [5.74, 6) is 2.24. The van der Waals surface area contributed by atoms with Crippen LogP contribution >= 0.6 is 15.9 Å². The summed E-state index contributed by atoms with van der Waals surface area (Å²) in [6.45, 7) is 0.426. The molecule has 0 bridgehead atoms. The number of halogens is 1. The fourth-order valence-electron chi connectivity index (χ4n) is 1.56. The Bertz CT molecular complexity index is 526. The zero-order chi connectivity index (χ0) is 13.0. The molecule has 4 heteroatoms. The smallest absolute Gasteiger partial charge is 0.135 e. The van der Waals surface area contributed by atoms with Crippen LogP contribution in [0.2, 0.25) is 0 Å². The number of ether oxygens (including phenoxy) is 2. The second-order valence-electron chi connectivity index (χ2n) is 3.73. The van der Waals surface area contributed by atoms with Crippen LogP contribution in [0, 0.1) is 0 Å². The average Bonchev–Trinajstić information content (AvgIpc) is 2.41. The van der Waals surface area contributed by atoms with E-state index in [0.29, 0.717) is 6.54 Å². The highest BCUT2D eigenvalue weighted by Gasteiger charge is 2.06. The molecule has 2 aromatic rings. The second-order valence-corrected chi connectivity index (χ2v) is 4.65. The first kappa shape index (κ1) is 12.9. The first-order chi connectivity index (χ1) is 8.72. The molecule has 0 fully saturated rings. The number of nitrogens with two attached hydrogens (primary N) is 1. The van der Waals surface area contributed by atoms with Gasteiger partial charge in [0, 0.05) is 22.6 Å². The Kier molecular flexibility index (Phi) is 4.23. The average molecular weight is 308 g/mol. The van der Waals surface area contributed by atoms with E-state index in [-0.39, 0.29) is 0 Å². The van der Waals surface area contributed by atoms with Crippen LogP contribution < -0.4 is 15.2 Å². The largest absolute Gasteiger partial charge is 0.497 e. The van der Waals surface area contributed by atoms with Crippen molar-refractivity contribution in [3.63, 3.8) is 0 Å². The molecular weight excluding hydrogens is 294 g/mol. The Morgan fingerprint density at radius 1 is 1.06 bits per heavy atom. The number of rotatable bonds is 4. The molecule has 0 heterocycles. The van der Waals surface area contributed by atoms with E-state index in [1.165, 1.54) is 0 Å². The standard InChI is InChI=1S/C14H14BrNO2/c1-17-13-5-2-10(9-16)14(8-13)18-12-6-3-11(15)4-7-12/h2-8H,9,16H2,1H3. The van der Waals surface area contributed by atoms with Crippen molar-refractivity contribution in [3.8, 4) is 17.2 Å². The first-order valence-corrected chi connectivity index (χ1v) is 6.32. The normalized spacial score (nSPS) is 10.2. The van der Waals surface area contributed by atoms with Crippen LogP contribution in [0.1, 0.15) is 5.56 Å². The molecule has 0 atom stereocenters. The van der Waals surface area contributed by atoms with Gasteiger partial charge in [-0.25, -0.2) is 0 Å². The van der Waals surface area contributed by atoms with Crippen LogP contribution in [-0.2, 0) is 6.54 Å². The number of hydrogen-bond donors (Lipinski definition) is 1. The second kappa shape index (κ2) is 5.89. The topological polar surface area (TPSA) is 44.5 Å². The molecule has 0 aliphatic rings. The van der Waals surface area contributed by atoms with Gasteiger partial charge in [-0.1, -0.05) is 22.0 Å². The summed E-state index contributed by atoms with van der Waals surface area (Å²) in [4.78, 5) is 0. The van der Waals surface area contributed by atoms with Crippen LogP contribution in [0.15, 0.2) is 46.9 Å². The molecule has 2 rings (SSSR count). The predicted octanol–water partition coefficient (Wildman–Crippen LogP) is 3.71. The molecule has 3 nitrogen and oxygen atoms in total. The molecule has 0 unspecified atom stereocenters. The highest BCUT2D eigenvalue weighted by Crippen LogP contribution is 2.29. The van der Waals surface area contributed by atoms with Gasteiger partial charge in [0.2, 0.25) is 0 Å². The third kappa shape index (κ3) is 3.03. The molecule has 2 N–H and O–H groups in total. The molecule has 0 aliphatic carbocycles. The lowest BCUT2D eigenvalue weighted by atomic mass is 10.2. The van der Waals surface area contributed by atoms with Crippen molar-refractivity contribution in [1.29, 1.82) is 0 Å². The van der Waals surface area contributed by atoms with E-state index in [0.717, 1.165) is 27.3 Å². The van der Waals surface area contributed by atoms with Crippen molar-refractivity contribution >= 4 is 15.9 Å². The van der Waals surface area contributed by atoms with Gasteiger partial charge in [0.1, 0.15) is 17.2 Å². The third-order valence-corrected chi connectivity index (χ3v) is 3.06. The molecule has 0 saturated heterocycles. The molecule has 0 aromatic heterocycles. The molecule has 2 aromatic carbocycles. The van der Waals surface area contributed by atoms with Gasteiger partial charge in [0.25, 0.3) is 0 Å². The van der Waals surface area contributed by atoms with Crippen LogP contribution in [0.5, 0.6) is 17.2 Å². The van der Waals surface area contributed by atoms with Crippen LogP contribution in [0.4, 0.5) is 0 Å². The Hall–Kier alpha value is -1.52. The van der Waals surface area contributed by atoms with Crippen molar-refractivity contribution in [2.75, 3.05) is 7.11 Å². The lowest BCUT2D eigenvalue weighted by Gasteiger charge is -2.11. The Morgan fingerprint density at radius 3 is 2.33 bits per heavy atom. The van der Waals surface area contributed by atoms with Crippen molar-refractivity contribution in [3.05, 3.63) is 52.5 Å². The van der Waals surface area contributed by atoms with E-state index >= 15 is 0 Å². The maximum atomic E-state index is 5.82. The third-order valence-electron chi connectivity index (χ3n) is 2.54. The van der Waals surface area contributed by atoms with Gasteiger partial charge in [-0.15, -0.1) is 0 Å². The summed E-state index contributed by atoms with van der Waals surface area (Å²) < 4.78 is 12.0. The minimum Gasteiger partial charge on any atom is -0.497 e. The number of methoxy groups -OCH3 is 1. The Morgan fingerprint density at radius 2 is 1.72 bits per heavy atom. The maximum Gasteiger partial charge on any atom is 0.135 e. The van der Waals surface area contributed by atoms with Gasteiger partial charge < -0.3 is 15.2 Å². The van der Waals surface area contributed by atoms with Crippen molar-refractivity contribution in [2.45, 2.75) is 6.54 Å². The Balaban J connectivity index is 2.29. The first-order valence-electron chi connectivity index (χ1n) is 5.53. The number of hydrogen-bond acceptors (Lipinski definition) is 3. The van der Waals surface area contributed by atoms with Crippen LogP contribution in [0.3, 0.4) is 0 Å².